The standard InChI is InChI=1S/C15H14N2O2/c1-19-14-8-6-12(7-9-14)10-16-17-11-13-4-2-3-5-15(13)18/h2-11,18H,1H3. The summed E-state index contributed by atoms with van der Waals surface area (Å²) in [4.78, 5) is 0. The minimum Gasteiger partial charge on any atom is -0.507 e. The number of phenols is 1. The van der Waals surface area contributed by atoms with Crippen molar-refractivity contribution < 1.29 is 9.84 Å². The molecule has 0 atom stereocenters. The number of hydrogen-bond donors (Lipinski definition) is 1. The summed E-state index contributed by atoms with van der Waals surface area (Å²) in [6.07, 6.45) is 3.14. The lowest BCUT2D eigenvalue weighted by Crippen LogP contribution is -1.84. The molecule has 1 N–H and O–H groups in total. The maximum atomic E-state index is 9.53. The lowest BCUT2D eigenvalue weighted by Gasteiger charge is -1.98. The van der Waals surface area contributed by atoms with Crippen molar-refractivity contribution >= 4 is 12.4 Å². The van der Waals surface area contributed by atoms with Gasteiger partial charge in [-0.2, -0.15) is 10.2 Å². The van der Waals surface area contributed by atoms with E-state index in [0.29, 0.717) is 5.56 Å². The lowest BCUT2D eigenvalue weighted by molar-refractivity contribution is 0.415. The molecule has 0 saturated heterocycles. The predicted molar refractivity (Wildman–Crippen MR) is 76.3 cm³/mol. The maximum absolute atomic E-state index is 9.53. The van der Waals surface area contributed by atoms with E-state index in [1.807, 2.05) is 30.3 Å². The highest BCUT2D eigenvalue weighted by Gasteiger charge is 1.93. The first-order valence-corrected chi connectivity index (χ1v) is 5.78. The molecule has 0 heterocycles. The Morgan fingerprint density at radius 2 is 1.63 bits per heavy atom. The fraction of sp³-hybridized carbons (Fsp3) is 0.0667. The molecule has 0 aliphatic rings. The van der Waals surface area contributed by atoms with E-state index in [9.17, 15) is 5.11 Å². The van der Waals surface area contributed by atoms with E-state index in [1.54, 1.807) is 31.5 Å². The summed E-state index contributed by atoms with van der Waals surface area (Å²) in [7, 11) is 1.62. The normalized spacial score (nSPS) is 11.2. The molecular formula is C15H14N2O2. The van der Waals surface area contributed by atoms with Crippen LogP contribution in [0.2, 0.25) is 0 Å². The number of phenolic OH excluding ortho intramolecular Hbond substituents is 1. The van der Waals surface area contributed by atoms with Crippen molar-refractivity contribution in [2.45, 2.75) is 0 Å². The van der Waals surface area contributed by atoms with Crippen molar-refractivity contribution in [1.82, 2.24) is 0 Å². The molecule has 0 unspecified atom stereocenters. The summed E-state index contributed by atoms with van der Waals surface area (Å²) in [6, 6.07) is 14.4. The minimum absolute atomic E-state index is 0.186. The van der Waals surface area contributed by atoms with Crippen molar-refractivity contribution in [3.63, 3.8) is 0 Å². The Morgan fingerprint density at radius 1 is 0.947 bits per heavy atom. The maximum Gasteiger partial charge on any atom is 0.124 e. The highest BCUT2D eigenvalue weighted by atomic mass is 16.5. The van der Waals surface area contributed by atoms with E-state index in [0.717, 1.165) is 11.3 Å². The first-order chi connectivity index (χ1) is 9.29. The molecular weight excluding hydrogens is 240 g/mol. The van der Waals surface area contributed by atoms with Crippen LogP contribution in [-0.4, -0.2) is 24.6 Å². The summed E-state index contributed by atoms with van der Waals surface area (Å²) < 4.78 is 5.06. The zero-order chi connectivity index (χ0) is 13.5. The molecule has 2 aromatic rings. The van der Waals surface area contributed by atoms with E-state index in [1.165, 1.54) is 6.21 Å². The summed E-state index contributed by atoms with van der Waals surface area (Å²) in [5.41, 5.74) is 1.56. The molecule has 0 aromatic heterocycles. The fourth-order valence-electron chi connectivity index (χ4n) is 1.48. The first kappa shape index (κ1) is 12.8. The Hall–Kier alpha value is -2.62. The summed E-state index contributed by atoms with van der Waals surface area (Å²) >= 11 is 0. The van der Waals surface area contributed by atoms with Gasteiger partial charge in [0.2, 0.25) is 0 Å². The number of methoxy groups -OCH3 is 1. The molecule has 4 heteroatoms. The van der Waals surface area contributed by atoms with Gasteiger partial charge >= 0.3 is 0 Å². The number of rotatable bonds is 4. The molecule has 0 radical (unpaired) electrons. The van der Waals surface area contributed by atoms with Gasteiger partial charge in [-0.1, -0.05) is 12.1 Å². The topological polar surface area (TPSA) is 54.2 Å². The molecule has 0 saturated carbocycles. The van der Waals surface area contributed by atoms with Crippen molar-refractivity contribution in [2.75, 3.05) is 7.11 Å². The Morgan fingerprint density at radius 3 is 2.32 bits per heavy atom. The Bertz CT molecular complexity index is 589. The fourth-order valence-corrected chi connectivity index (χ4v) is 1.48. The van der Waals surface area contributed by atoms with Crippen LogP contribution in [0.4, 0.5) is 0 Å². The van der Waals surface area contributed by atoms with Crippen LogP contribution in [-0.2, 0) is 0 Å². The van der Waals surface area contributed by atoms with Crippen LogP contribution >= 0.6 is 0 Å². The van der Waals surface area contributed by atoms with E-state index >= 15 is 0 Å². The van der Waals surface area contributed by atoms with Gasteiger partial charge in [-0.15, -0.1) is 0 Å². The number of hydrogen-bond acceptors (Lipinski definition) is 4. The van der Waals surface area contributed by atoms with Gasteiger partial charge in [0.25, 0.3) is 0 Å². The van der Waals surface area contributed by atoms with Crippen molar-refractivity contribution in [2.24, 2.45) is 10.2 Å². The molecule has 4 nitrogen and oxygen atoms in total. The van der Waals surface area contributed by atoms with Crippen LogP contribution < -0.4 is 4.74 Å². The Kier molecular flexibility index (Phi) is 4.29. The highest BCUT2D eigenvalue weighted by Crippen LogP contribution is 2.13. The van der Waals surface area contributed by atoms with E-state index in [2.05, 4.69) is 10.2 Å². The second-order valence-electron chi connectivity index (χ2n) is 3.82. The average molecular weight is 254 g/mol. The van der Waals surface area contributed by atoms with Crippen molar-refractivity contribution in [1.29, 1.82) is 0 Å². The van der Waals surface area contributed by atoms with E-state index in [4.69, 9.17) is 4.74 Å². The first-order valence-electron chi connectivity index (χ1n) is 5.78. The summed E-state index contributed by atoms with van der Waals surface area (Å²) in [6.45, 7) is 0. The lowest BCUT2D eigenvalue weighted by atomic mass is 10.2. The molecule has 0 bridgehead atoms. The van der Waals surface area contributed by atoms with Gasteiger partial charge in [-0.05, 0) is 42.0 Å². The summed E-state index contributed by atoms with van der Waals surface area (Å²) in [5, 5.41) is 17.3. The predicted octanol–water partition coefficient (Wildman–Crippen LogP) is 2.85. The quantitative estimate of drug-likeness (QED) is 0.673. The Labute approximate surface area is 111 Å². The van der Waals surface area contributed by atoms with Crippen LogP contribution in [0.15, 0.2) is 58.7 Å². The number of para-hydroxylation sites is 1. The van der Waals surface area contributed by atoms with Gasteiger partial charge in [-0.25, -0.2) is 0 Å². The molecule has 2 aromatic carbocycles. The monoisotopic (exact) mass is 254 g/mol. The number of aromatic hydroxyl groups is 1. The van der Waals surface area contributed by atoms with Crippen LogP contribution in [0, 0.1) is 0 Å². The Balaban J connectivity index is 2.01. The van der Waals surface area contributed by atoms with E-state index in [-0.39, 0.29) is 5.75 Å². The van der Waals surface area contributed by atoms with Gasteiger partial charge in [0.1, 0.15) is 11.5 Å². The van der Waals surface area contributed by atoms with Crippen LogP contribution in [0.3, 0.4) is 0 Å². The van der Waals surface area contributed by atoms with Gasteiger partial charge in [0, 0.05) is 5.56 Å². The SMILES string of the molecule is COc1ccc(C=NN=Cc2ccccc2O)cc1. The zero-order valence-corrected chi connectivity index (χ0v) is 10.5. The molecule has 96 valence electrons. The molecule has 0 amide bonds. The third-order valence-corrected chi connectivity index (χ3v) is 2.52. The zero-order valence-electron chi connectivity index (χ0n) is 10.5. The van der Waals surface area contributed by atoms with Crippen LogP contribution in [0.5, 0.6) is 11.5 Å². The average Bonchev–Trinajstić information content (AvgIpc) is 2.46. The minimum atomic E-state index is 0.186. The van der Waals surface area contributed by atoms with Crippen molar-refractivity contribution in [3.05, 3.63) is 59.7 Å². The smallest absolute Gasteiger partial charge is 0.124 e. The number of benzene rings is 2. The number of ether oxygens (including phenoxy) is 1. The molecule has 2 rings (SSSR count). The molecule has 0 aliphatic carbocycles. The largest absolute Gasteiger partial charge is 0.507 e. The highest BCUT2D eigenvalue weighted by molar-refractivity contribution is 5.84. The van der Waals surface area contributed by atoms with Gasteiger partial charge in [0.05, 0.1) is 19.5 Å². The molecule has 0 spiro atoms. The molecule has 19 heavy (non-hydrogen) atoms. The second kappa shape index (κ2) is 6.35. The van der Waals surface area contributed by atoms with Gasteiger partial charge in [0.15, 0.2) is 0 Å². The molecule has 0 fully saturated rings. The third kappa shape index (κ3) is 3.67. The second-order valence-corrected chi connectivity index (χ2v) is 3.82. The van der Waals surface area contributed by atoms with Crippen LogP contribution in [0.1, 0.15) is 11.1 Å². The third-order valence-electron chi connectivity index (χ3n) is 2.52. The van der Waals surface area contributed by atoms with Crippen LogP contribution in [0.25, 0.3) is 0 Å². The van der Waals surface area contributed by atoms with Crippen molar-refractivity contribution in [3.8, 4) is 11.5 Å². The van der Waals surface area contributed by atoms with Gasteiger partial charge < -0.3 is 9.84 Å². The van der Waals surface area contributed by atoms with E-state index < -0.39 is 0 Å². The summed E-state index contributed by atoms with van der Waals surface area (Å²) in [5.74, 6) is 0.987. The number of nitrogens with zero attached hydrogens (tertiary/aromatic N) is 2. The van der Waals surface area contributed by atoms with Gasteiger partial charge in [-0.3, -0.25) is 0 Å². The molecule has 0 aliphatic heterocycles.